The number of ether oxygens (including phenoxy) is 1. The molecular formula is C28H44N2O4. The standard InChI is InChI=1S/C28H44N2O4/c1-21(2)34-27(33)14-13-26(32)30(24-10-6-5-7-11-24)18-17-29-16-15-28(4,22(3)20-29)23-9-8-12-25(31)19-23/h8-9,12,19,21-22,24,31H,5-7,10-11,13-18,20H2,1-4H3. The number of phenols is 1. The minimum Gasteiger partial charge on any atom is -0.508 e. The second-order valence-corrected chi connectivity index (χ2v) is 10.8. The Hall–Kier alpha value is -2.08. The van der Waals surface area contributed by atoms with E-state index in [-0.39, 0.29) is 36.2 Å². The molecule has 1 aliphatic carbocycles. The summed E-state index contributed by atoms with van der Waals surface area (Å²) in [6, 6.07) is 7.98. The number of esters is 1. The predicted octanol–water partition coefficient (Wildman–Crippen LogP) is 4.88. The number of carbonyl (C=O) groups is 2. The average molecular weight is 473 g/mol. The van der Waals surface area contributed by atoms with Crippen molar-refractivity contribution in [1.82, 2.24) is 9.80 Å². The molecule has 2 fully saturated rings. The number of amides is 1. The number of piperidine rings is 1. The highest BCUT2D eigenvalue weighted by Crippen LogP contribution is 2.40. The van der Waals surface area contributed by atoms with E-state index >= 15 is 0 Å². The van der Waals surface area contributed by atoms with Gasteiger partial charge in [0.05, 0.1) is 12.5 Å². The van der Waals surface area contributed by atoms with Gasteiger partial charge in [0.2, 0.25) is 5.91 Å². The maximum Gasteiger partial charge on any atom is 0.306 e. The summed E-state index contributed by atoms with van der Waals surface area (Å²) in [5, 5.41) is 9.96. The molecule has 1 saturated heterocycles. The zero-order valence-corrected chi connectivity index (χ0v) is 21.6. The van der Waals surface area contributed by atoms with E-state index in [0.717, 1.165) is 45.4 Å². The summed E-state index contributed by atoms with van der Waals surface area (Å²) >= 11 is 0. The number of carbonyl (C=O) groups excluding carboxylic acids is 2. The van der Waals surface area contributed by atoms with Crippen LogP contribution in [0.2, 0.25) is 0 Å². The van der Waals surface area contributed by atoms with Crippen LogP contribution in [-0.4, -0.2) is 65.1 Å². The van der Waals surface area contributed by atoms with Gasteiger partial charge in [-0.2, -0.15) is 0 Å². The summed E-state index contributed by atoms with van der Waals surface area (Å²) in [7, 11) is 0. The number of aromatic hydroxyl groups is 1. The summed E-state index contributed by atoms with van der Waals surface area (Å²) in [5.41, 5.74) is 1.23. The summed E-state index contributed by atoms with van der Waals surface area (Å²) in [5.74, 6) is 0.560. The first kappa shape index (κ1) is 26.5. The quantitative estimate of drug-likeness (QED) is 0.519. The lowest BCUT2D eigenvalue weighted by Crippen LogP contribution is -2.51. The zero-order chi connectivity index (χ0) is 24.7. The molecule has 3 rings (SSSR count). The number of phenolic OH excluding ortho intramolecular Hbond substituents is 1. The molecule has 1 N–H and O–H groups in total. The van der Waals surface area contributed by atoms with Crippen LogP contribution in [0, 0.1) is 5.92 Å². The van der Waals surface area contributed by atoms with E-state index in [4.69, 9.17) is 4.74 Å². The molecule has 1 heterocycles. The summed E-state index contributed by atoms with van der Waals surface area (Å²) in [6.07, 6.45) is 6.98. The lowest BCUT2D eigenvalue weighted by Gasteiger charge is -2.46. The van der Waals surface area contributed by atoms with Gasteiger partial charge in [0.15, 0.2) is 0 Å². The molecular weight excluding hydrogens is 428 g/mol. The van der Waals surface area contributed by atoms with Crippen molar-refractivity contribution < 1.29 is 19.4 Å². The molecule has 1 aromatic rings. The first-order chi connectivity index (χ1) is 16.2. The van der Waals surface area contributed by atoms with Gasteiger partial charge in [-0.15, -0.1) is 0 Å². The fourth-order valence-electron chi connectivity index (χ4n) is 5.64. The van der Waals surface area contributed by atoms with Gasteiger partial charge < -0.3 is 19.6 Å². The Morgan fingerprint density at radius 1 is 1.21 bits per heavy atom. The van der Waals surface area contributed by atoms with Crippen molar-refractivity contribution in [3.8, 4) is 5.75 Å². The normalized spacial score (nSPS) is 24.2. The first-order valence-corrected chi connectivity index (χ1v) is 13.2. The second kappa shape index (κ2) is 12.1. The number of rotatable bonds is 9. The summed E-state index contributed by atoms with van der Waals surface area (Å²) < 4.78 is 5.22. The lowest BCUT2D eigenvalue weighted by atomic mass is 9.68. The number of likely N-dealkylation sites (tertiary alicyclic amines) is 1. The molecule has 2 atom stereocenters. The molecule has 0 spiro atoms. The highest BCUT2D eigenvalue weighted by Gasteiger charge is 2.38. The Balaban J connectivity index is 1.58. The van der Waals surface area contributed by atoms with Crippen LogP contribution >= 0.6 is 0 Å². The summed E-state index contributed by atoms with van der Waals surface area (Å²) in [6.45, 7) is 11.8. The minimum absolute atomic E-state index is 0.0326. The van der Waals surface area contributed by atoms with Crippen molar-refractivity contribution in [2.24, 2.45) is 5.92 Å². The molecule has 0 bridgehead atoms. The Bertz CT molecular complexity index is 820. The van der Waals surface area contributed by atoms with Crippen LogP contribution in [0.5, 0.6) is 5.75 Å². The van der Waals surface area contributed by atoms with Crippen LogP contribution in [0.1, 0.15) is 84.6 Å². The molecule has 2 unspecified atom stereocenters. The van der Waals surface area contributed by atoms with Crippen molar-refractivity contribution in [3.05, 3.63) is 29.8 Å². The number of benzene rings is 1. The fourth-order valence-corrected chi connectivity index (χ4v) is 5.64. The molecule has 6 nitrogen and oxygen atoms in total. The number of nitrogens with zero attached hydrogens (tertiary/aromatic N) is 2. The van der Waals surface area contributed by atoms with E-state index < -0.39 is 0 Å². The third kappa shape index (κ3) is 6.97. The molecule has 190 valence electrons. The highest BCUT2D eigenvalue weighted by atomic mass is 16.5. The fraction of sp³-hybridized carbons (Fsp3) is 0.714. The molecule has 1 aromatic carbocycles. The second-order valence-electron chi connectivity index (χ2n) is 10.8. The molecule has 1 aliphatic heterocycles. The molecule has 6 heteroatoms. The first-order valence-electron chi connectivity index (χ1n) is 13.2. The van der Waals surface area contributed by atoms with Crippen molar-refractivity contribution in [2.45, 2.75) is 96.6 Å². The number of hydrogen-bond donors (Lipinski definition) is 1. The van der Waals surface area contributed by atoms with Gasteiger partial charge in [-0.1, -0.05) is 45.2 Å². The van der Waals surface area contributed by atoms with Crippen LogP contribution < -0.4 is 0 Å². The summed E-state index contributed by atoms with van der Waals surface area (Å²) in [4.78, 5) is 29.7. The third-order valence-electron chi connectivity index (χ3n) is 7.98. The topological polar surface area (TPSA) is 70.1 Å². The lowest BCUT2D eigenvalue weighted by molar-refractivity contribution is -0.150. The Labute approximate surface area is 205 Å². The van der Waals surface area contributed by atoms with E-state index in [1.807, 2.05) is 26.0 Å². The van der Waals surface area contributed by atoms with E-state index in [2.05, 4.69) is 29.7 Å². The van der Waals surface area contributed by atoms with Crippen molar-refractivity contribution >= 4 is 11.9 Å². The highest BCUT2D eigenvalue weighted by molar-refractivity contribution is 5.81. The van der Waals surface area contributed by atoms with Gasteiger partial charge in [0, 0.05) is 32.1 Å². The number of hydrogen-bond acceptors (Lipinski definition) is 5. The predicted molar refractivity (Wildman–Crippen MR) is 135 cm³/mol. The zero-order valence-electron chi connectivity index (χ0n) is 21.6. The van der Waals surface area contributed by atoms with Gasteiger partial charge >= 0.3 is 5.97 Å². The van der Waals surface area contributed by atoms with Crippen LogP contribution in [0.4, 0.5) is 0 Å². The minimum atomic E-state index is -0.289. The Morgan fingerprint density at radius 2 is 1.94 bits per heavy atom. The molecule has 1 amide bonds. The van der Waals surface area contributed by atoms with Gasteiger partial charge in [0.25, 0.3) is 0 Å². The molecule has 0 radical (unpaired) electrons. The van der Waals surface area contributed by atoms with Crippen LogP contribution in [-0.2, 0) is 19.7 Å². The van der Waals surface area contributed by atoms with Gasteiger partial charge in [-0.05, 0) is 68.7 Å². The van der Waals surface area contributed by atoms with Crippen molar-refractivity contribution in [2.75, 3.05) is 26.2 Å². The molecule has 34 heavy (non-hydrogen) atoms. The van der Waals surface area contributed by atoms with Crippen molar-refractivity contribution in [3.63, 3.8) is 0 Å². The van der Waals surface area contributed by atoms with Gasteiger partial charge in [0.1, 0.15) is 5.75 Å². The van der Waals surface area contributed by atoms with E-state index in [1.54, 1.807) is 6.07 Å². The SMILES string of the molecule is CC(C)OC(=O)CCC(=O)N(CCN1CCC(C)(c2cccc(O)c2)C(C)C1)C1CCCCC1. The molecule has 0 aromatic heterocycles. The molecule has 2 aliphatic rings. The van der Waals surface area contributed by atoms with E-state index in [0.29, 0.717) is 17.7 Å². The van der Waals surface area contributed by atoms with E-state index in [1.165, 1.54) is 24.8 Å². The van der Waals surface area contributed by atoms with E-state index in [9.17, 15) is 14.7 Å². The van der Waals surface area contributed by atoms with Gasteiger partial charge in [-0.25, -0.2) is 0 Å². The molecule has 1 saturated carbocycles. The maximum atomic E-state index is 13.2. The third-order valence-corrected chi connectivity index (χ3v) is 7.98. The average Bonchev–Trinajstić information content (AvgIpc) is 2.80. The largest absolute Gasteiger partial charge is 0.508 e. The van der Waals surface area contributed by atoms with Crippen LogP contribution in [0.3, 0.4) is 0 Å². The smallest absolute Gasteiger partial charge is 0.306 e. The monoisotopic (exact) mass is 472 g/mol. The van der Waals surface area contributed by atoms with Crippen LogP contribution in [0.25, 0.3) is 0 Å². The van der Waals surface area contributed by atoms with Crippen molar-refractivity contribution in [1.29, 1.82) is 0 Å². The Kier molecular flexibility index (Phi) is 9.40. The van der Waals surface area contributed by atoms with Gasteiger partial charge in [-0.3, -0.25) is 9.59 Å². The van der Waals surface area contributed by atoms with Crippen LogP contribution in [0.15, 0.2) is 24.3 Å². The maximum absolute atomic E-state index is 13.2. The Morgan fingerprint density at radius 3 is 2.59 bits per heavy atom.